The summed E-state index contributed by atoms with van der Waals surface area (Å²) in [5, 5.41) is 7.03. The highest BCUT2D eigenvalue weighted by Gasteiger charge is 2.18. The molecule has 0 aliphatic heterocycles. The molecule has 9 heteroatoms. The lowest BCUT2D eigenvalue weighted by atomic mass is 10.1. The quantitative estimate of drug-likeness (QED) is 0.342. The molecule has 0 saturated heterocycles. The van der Waals surface area contributed by atoms with Crippen LogP contribution in [-0.4, -0.2) is 31.3 Å². The number of rotatable bonds is 7. The SMILES string of the molecule is Cc1cc(C(=O)COC(=O)/C=C/c2cccs2)c(C)n1-c1ccc(S(N)(=O)=O)cc1. The molecular weight excluding hydrogens is 424 g/mol. The largest absolute Gasteiger partial charge is 0.454 e. The Morgan fingerprint density at radius 2 is 1.87 bits per heavy atom. The molecule has 2 N–H and O–H groups in total. The number of nitrogens with two attached hydrogens (primary N) is 1. The van der Waals surface area contributed by atoms with Gasteiger partial charge in [-0.25, -0.2) is 18.4 Å². The summed E-state index contributed by atoms with van der Waals surface area (Å²) < 4.78 is 29.7. The summed E-state index contributed by atoms with van der Waals surface area (Å²) in [4.78, 5) is 25.3. The number of esters is 1. The zero-order valence-electron chi connectivity index (χ0n) is 16.4. The molecule has 0 saturated carbocycles. The molecule has 0 amide bonds. The fraction of sp³-hybridized carbons (Fsp3) is 0.143. The maximum absolute atomic E-state index is 12.6. The minimum absolute atomic E-state index is 0.00697. The first-order valence-electron chi connectivity index (χ1n) is 8.90. The lowest BCUT2D eigenvalue weighted by Crippen LogP contribution is -2.13. The van der Waals surface area contributed by atoms with Crippen molar-refractivity contribution in [3.05, 3.63) is 75.7 Å². The second-order valence-electron chi connectivity index (χ2n) is 6.54. The van der Waals surface area contributed by atoms with Crippen molar-refractivity contribution in [2.45, 2.75) is 18.7 Å². The van der Waals surface area contributed by atoms with Crippen molar-refractivity contribution in [1.82, 2.24) is 4.57 Å². The Kier molecular flexibility index (Phi) is 6.35. The lowest BCUT2D eigenvalue weighted by Gasteiger charge is -2.10. The van der Waals surface area contributed by atoms with Gasteiger partial charge in [0, 0.05) is 33.6 Å². The average Bonchev–Trinajstić information content (AvgIpc) is 3.31. The van der Waals surface area contributed by atoms with E-state index in [0.717, 1.165) is 10.6 Å². The van der Waals surface area contributed by atoms with Crippen molar-refractivity contribution in [1.29, 1.82) is 0 Å². The highest BCUT2D eigenvalue weighted by molar-refractivity contribution is 7.89. The predicted molar refractivity (Wildman–Crippen MR) is 115 cm³/mol. The van der Waals surface area contributed by atoms with Crippen molar-refractivity contribution in [3.63, 3.8) is 0 Å². The number of nitrogens with zero attached hydrogens (tertiary/aromatic N) is 1. The van der Waals surface area contributed by atoms with E-state index in [1.165, 1.54) is 29.5 Å². The van der Waals surface area contributed by atoms with E-state index in [1.807, 2.05) is 29.0 Å². The molecule has 0 fully saturated rings. The number of ketones is 1. The van der Waals surface area contributed by atoms with Crippen LogP contribution in [0.25, 0.3) is 11.8 Å². The summed E-state index contributed by atoms with van der Waals surface area (Å²) in [6.07, 6.45) is 2.92. The number of aromatic nitrogens is 1. The molecule has 3 rings (SSSR count). The first-order chi connectivity index (χ1) is 14.2. The standard InChI is InChI=1S/C21H20N2O5S2/c1-14-12-19(20(24)13-28-21(25)10-7-17-4-3-11-29-17)15(2)23(14)16-5-8-18(9-6-16)30(22,26)27/h3-12H,13H2,1-2H3,(H2,22,26,27)/b10-7+. The van der Waals surface area contributed by atoms with Crippen LogP contribution in [0.15, 0.2) is 58.8 Å². The van der Waals surface area contributed by atoms with E-state index < -0.39 is 16.0 Å². The summed E-state index contributed by atoms with van der Waals surface area (Å²) in [6, 6.07) is 11.5. The predicted octanol–water partition coefficient (Wildman–Crippen LogP) is 3.24. The Labute approximate surface area is 178 Å². The van der Waals surface area contributed by atoms with E-state index in [0.29, 0.717) is 16.9 Å². The van der Waals surface area contributed by atoms with Gasteiger partial charge in [0.15, 0.2) is 6.61 Å². The summed E-state index contributed by atoms with van der Waals surface area (Å²) in [5.41, 5.74) is 2.56. The fourth-order valence-electron chi connectivity index (χ4n) is 3.03. The summed E-state index contributed by atoms with van der Waals surface area (Å²) >= 11 is 1.49. The zero-order valence-corrected chi connectivity index (χ0v) is 18.0. The van der Waals surface area contributed by atoms with E-state index in [2.05, 4.69) is 0 Å². The molecule has 0 spiro atoms. The van der Waals surface area contributed by atoms with Crippen LogP contribution in [0.5, 0.6) is 0 Å². The molecule has 7 nitrogen and oxygen atoms in total. The Hall–Kier alpha value is -3.01. The minimum atomic E-state index is -3.78. The molecule has 2 aromatic heterocycles. The third-order valence-electron chi connectivity index (χ3n) is 4.43. The monoisotopic (exact) mass is 444 g/mol. The van der Waals surface area contributed by atoms with Crippen LogP contribution in [-0.2, 0) is 19.6 Å². The van der Waals surface area contributed by atoms with Gasteiger partial charge in [-0.15, -0.1) is 11.3 Å². The first-order valence-corrected chi connectivity index (χ1v) is 11.3. The molecule has 0 atom stereocenters. The smallest absolute Gasteiger partial charge is 0.331 e. The van der Waals surface area contributed by atoms with Crippen molar-refractivity contribution < 1.29 is 22.7 Å². The molecule has 1 aromatic carbocycles. The molecule has 0 aliphatic carbocycles. The first kappa shape index (κ1) is 21.7. The topological polar surface area (TPSA) is 108 Å². The van der Waals surface area contributed by atoms with Crippen LogP contribution in [0, 0.1) is 13.8 Å². The van der Waals surface area contributed by atoms with Gasteiger partial charge in [-0.2, -0.15) is 0 Å². The van der Waals surface area contributed by atoms with Crippen molar-refractivity contribution in [3.8, 4) is 5.69 Å². The molecule has 0 aliphatic rings. The van der Waals surface area contributed by atoms with Gasteiger partial charge in [0.1, 0.15) is 0 Å². The van der Waals surface area contributed by atoms with E-state index in [4.69, 9.17) is 9.88 Å². The van der Waals surface area contributed by atoms with Gasteiger partial charge in [-0.05, 0) is 61.7 Å². The number of primary sulfonamides is 1. The van der Waals surface area contributed by atoms with Gasteiger partial charge in [-0.1, -0.05) is 6.07 Å². The molecule has 2 heterocycles. The number of sulfonamides is 1. The highest BCUT2D eigenvalue weighted by Crippen LogP contribution is 2.22. The van der Waals surface area contributed by atoms with E-state index >= 15 is 0 Å². The van der Waals surface area contributed by atoms with Crippen molar-refractivity contribution in [2.24, 2.45) is 5.14 Å². The van der Waals surface area contributed by atoms with Crippen molar-refractivity contribution >= 4 is 39.2 Å². The number of thiophene rings is 1. The third kappa shape index (κ3) is 4.93. The van der Waals surface area contributed by atoms with Crippen LogP contribution < -0.4 is 5.14 Å². The number of carbonyl (C=O) groups excluding carboxylic acids is 2. The van der Waals surface area contributed by atoms with Crippen LogP contribution >= 0.6 is 11.3 Å². The summed E-state index contributed by atoms with van der Waals surface area (Å²) in [7, 11) is -3.78. The second-order valence-corrected chi connectivity index (χ2v) is 9.08. The number of hydrogen-bond acceptors (Lipinski definition) is 6. The van der Waals surface area contributed by atoms with E-state index in [9.17, 15) is 18.0 Å². The maximum Gasteiger partial charge on any atom is 0.331 e. The summed E-state index contributed by atoms with van der Waals surface area (Å²) in [5.74, 6) is -0.919. The third-order valence-corrected chi connectivity index (χ3v) is 6.19. The van der Waals surface area contributed by atoms with Gasteiger partial charge < -0.3 is 9.30 Å². The number of Topliss-reactive ketones (excluding diaryl/α,β-unsaturated/α-hetero) is 1. The van der Waals surface area contributed by atoms with Crippen LogP contribution in [0.2, 0.25) is 0 Å². The Morgan fingerprint density at radius 1 is 1.17 bits per heavy atom. The summed E-state index contributed by atoms with van der Waals surface area (Å²) in [6.45, 7) is 3.22. The number of hydrogen-bond donors (Lipinski definition) is 1. The van der Waals surface area contributed by atoms with Gasteiger partial charge in [0.25, 0.3) is 0 Å². The van der Waals surface area contributed by atoms with Gasteiger partial charge in [-0.3, -0.25) is 4.79 Å². The second kappa shape index (κ2) is 8.78. The van der Waals surface area contributed by atoms with Gasteiger partial charge >= 0.3 is 5.97 Å². The molecular formula is C21H20N2O5S2. The van der Waals surface area contributed by atoms with Crippen LogP contribution in [0.1, 0.15) is 26.6 Å². The normalized spacial score (nSPS) is 11.7. The van der Waals surface area contributed by atoms with Gasteiger partial charge in [0.2, 0.25) is 15.8 Å². The molecule has 0 unspecified atom stereocenters. The lowest BCUT2D eigenvalue weighted by molar-refractivity contribution is -0.136. The molecule has 30 heavy (non-hydrogen) atoms. The average molecular weight is 445 g/mol. The van der Waals surface area contributed by atoms with Gasteiger partial charge in [0.05, 0.1) is 4.90 Å². The Morgan fingerprint density at radius 3 is 2.47 bits per heavy atom. The Balaban J connectivity index is 1.73. The van der Waals surface area contributed by atoms with Crippen LogP contribution in [0.4, 0.5) is 0 Å². The minimum Gasteiger partial charge on any atom is -0.454 e. The number of aryl methyl sites for hydroxylation is 1. The molecule has 3 aromatic rings. The molecule has 156 valence electrons. The molecule has 0 radical (unpaired) electrons. The fourth-order valence-corrected chi connectivity index (χ4v) is 4.16. The number of carbonyl (C=O) groups is 2. The van der Waals surface area contributed by atoms with Crippen molar-refractivity contribution in [2.75, 3.05) is 6.61 Å². The highest BCUT2D eigenvalue weighted by atomic mass is 32.2. The van der Waals surface area contributed by atoms with E-state index in [1.54, 1.807) is 31.2 Å². The molecule has 0 bridgehead atoms. The van der Waals surface area contributed by atoms with Crippen LogP contribution in [0.3, 0.4) is 0 Å². The van der Waals surface area contributed by atoms with E-state index in [-0.39, 0.29) is 17.3 Å². The maximum atomic E-state index is 12.6. The Bertz CT molecular complexity index is 1210. The number of benzene rings is 1. The number of ether oxygens (including phenoxy) is 1. The zero-order chi connectivity index (χ0) is 21.9.